The van der Waals surface area contributed by atoms with Gasteiger partial charge in [-0.1, -0.05) is 48.9 Å². The number of halogens is 1. The summed E-state index contributed by atoms with van der Waals surface area (Å²) in [5, 5.41) is 13.4. The second-order valence-electron chi connectivity index (χ2n) is 8.03. The molecule has 1 aromatic carbocycles. The number of nitrogens with one attached hydrogen (secondary N) is 1. The molecule has 6 nitrogen and oxygen atoms in total. The summed E-state index contributed by atoms with van der Waals surface area (Å²) >= 11 is 1.70. The van der Waals surface area contributed by atoms with Gasteiger partial charge in [-0.3, -0.25) is 4.99 Å². The smallest absolute Gasteiger partial charge is 0.193 e. The van der Waals surface area contributed by atoms with E-state index in [0.717, 1.165) is 49.4 Å². The summed E-state index contributed by atoms with van der Waals surface area (Å²) in [4.78, 5) is 7.08. The maximum Gasteiger partial charge on any atom is 0.193 e. The van der Waals surface area contributed by atoms with Crippen LogP contribution >= 0.6 is 35.7 Å². The molecule has 0 unspecified atom stereocenters. The molecule has 8 heteroatoms. The van der Waals surface area contributed by atoms with Crippen molar-refractivity contribution in [3.8, 4) is 0 Å². The number of hydrogen-bond donors (Lipinski definition) is 1. The van der Waals surface area contributed by atoms with Gasteiger partial charge in [0.15, 0.2) is 11.1 Å². The summed E-state index contributed by atoms with van der Waals surface area (Å²) in [6.07, 6.45) is 9.15. The Hall–Kier alpha value is -1.29. The highest BCUT2D eigenvalue weighted by Crippen LogP contribution is 2.33. The molecular formula is C23H37IN6S. The van der Waals surface area contributed by atoms with E-state index in [4.69, 9.17) is 4.99 Å². The summed E-state index contributed by atoms with van der Waals surface area (Å²) < 4.78 is 2.40. The minimum absolute atomic E-state index is 0. The van der Waals surface area contributed by atoms with Crippen molar-refractivity contribution in [2.45, 2.75) is 70.1 Å². The van der Waals surface area contributed by atoms with E-state index in [0.29, 0.717) is 6.04 Å². The van der Waals surface area contributed by atoms with Gasteiger partial charge in [0.25, 0.3) is 0 Å². The second kappa shape index (κ2) is 13.3. The zero-order valence-corrected chi connectivity index (χ0v) is 22.5. The number of benzene rings is 1. The van der Waals surface area contributed by atoms with Crippen LogP contribution in [0.4, 0.5) is 0 Å². The Morgan fingerprint density at radius 3 is 2.68 bits per heavy atom. The molecule has 1 fully saturated rings. The number of guanidine groups is 1. The van der Waals surface area contributed by atoms with Gasteiger partial charge in [0, 0.05) is 39.1 Å². The van der Waals surface area contributed by atoms with Gasteiger partial charge in [-0.25, -0.2) is 0 Å². The Morgan fingerprint density at radius 1 is 1.26 bits per heavy atom. The third kappa shape index (κ3) is 7.10. The number of hydrogen-bond acceptors (Lipinski definition) is 4. The molecule has 1 aromatic heterocycles. The normalized spacial score (nSPS) is 14.5. The predicted molar refractivity (Wildman–Crippen MR) is 142 cm³/mol. The molecule has 0 aliphatic heterocycles. The molecule has 1 aliphatic carbocycles. The molecule has 31 heavy (non-hydrogen) atoms. The first kappa shape index (κ1) is 26.0. The molecule has 0 saturated heterocycles. The fourth-order valence-electron chi connectivity index (χ4n) is 4.16. The van der Waals surface area contributed by atoms with Crippen molar-refractivity contribution in [2.24, 2.45) is 4.99 Å². The van der Waals surface area contributed by atoms with Crippen LogP contribution in [0.15, 0.2) is 34.4 Å². The van der Waals surface area contributed by atoms with Gasteiger partial charge in [0.1, 0.15) is 5.82 Å². The van der Waals surface area contributed by atoms with Crippen LogP contribution in [0.2, 0.25) is 0 Å². The van der Waals surface area contributed by atoms with E-state index < -0.39 is 0 Å². The largest absolute Gasteiger partial charge is 0.357 e. The van der Waals surface area contributed by atoms with Crippen molar-refractivity contribution in [3.63, 3.8) is 0 Å². The monoisotopic (exact) mass is 556 g/mol. The van der Waals surface area contributed by atoms with Crippen LogP contribution in [-0.4, -0.2) is 52.0 Å². The van der Waals surface area contributed by atoms with Crippen molar-refractivity contribution < 1.29 is 0 Å². The Labute approximate surface area is 208 Å². The zero-order valence-electron chi connectivity index (χ0n) is 19.3. The third-order valence-corrected chi connectivity index (χ3v) is 6.44. The number of aromatic nitrogens is 3. The lowest BCUT2D eigenvalue weighted by Gasteiger charge is -2.23. The first-order chi connectivity index (χ1) is 14.6. The molecule has 2 aromatic rings. The summed E-state index contributed by atoms with van der Waals surface area (Å²) in [5.41, 5.74) is 2.65. The fraction of sp³-hybridized carbons (Fsp3) is 0.609. The van der Waals surface area contributed by atoms with Crippen LogP contribution in [-0.2, 0) is 13.0 Å². The van der Waals surface area contributed by atoms with Gasteiger partial charge >= 0.3 is 0 Å². The number of rotatable bonds is 9. The minimum Gasteiger partial charge on any atom is -0.357 e. The quantitative estimate of drug-likeness (QED) is 0.154. The Bertz CT molecular complexity index is 831. The van der Waals surface area contributed by atoms with Crippen LogP contribution in [0.1, 0.15) is 62.0 Å². The van der Waals surface area contributed by atoms with E-state index in [2.05, 4.69) is 76.4 Å². The van der Waals surface area contributed by atoms with Crippen molar-refractivity contribution in [1.82, 2.24) is 25.0 Å². The minimum atomic E-state index is 0. The lowest BCUT2D eigenvalue weighted by atomic mass is 10.1. The van der Waals surface area contributed by atoms with E-state index in [9.17, 15) is 0 Å². The molecule has 0 amide bonds. The van der Waals surface area contributed by atoms with E-state index in [1.165, 1.54) is 36.8 Å². The summed E-state index contributed by atoms with van der Waals surface area (Å²) in [6.45, 7) is 6.78. The van der Waals surface area contributed by atoms with Crippen molar-refractivity contribution >= 4 is 41.7 Å². The standard InChI is InChI=1S/C23H36N6S.HI/c1-5-24-22(28(3)17-19-12-7-6-11-18(19)2)25-16-10-15-21-26-27-23(30-4)29(21)20-13-8-9-14-20;/h6-7,11-12,20H,5,8-10,13-17H2,1-4H3,(H,24,25);1H. The summed E-state index contributed by atoms with van der Waals surface area (Å²) in [7, 11) is 2.11. The van der Waals surface area contributed by atoms with Crippen LogP contribution in [0.5, 0.6) is 0 Å². The average Bonchev–Trinajstić information content (AvgIpc) is 3.41. The van der Waals surface area contributed by atoms with Crippen LogP contribution in [0.25, 0.3) is 0 Å². The van der Waals surface area contributed by atoms with E-state index in [-0.39, 0.29) is 24.0 Å². The number of nitrogens with zero attached hydrogens (tertiary/aromatic N) is 5. The first-order valence-corrected chi connectivity index (χ1v) is 12.4. The topological polar surface area (TPSA) is 58.3 Å². The SMILES string of the molecule is CCNC(=NCCCc1nnc(SC)n1C1CCCC1)N(C)Cc1ccccc1C.I. The maximum absolute atomic E-state index is 4.88. The fourth-order valence-corrected chi connectivity index (χ4v) is 4.73. The Balaban J connectivity index is 0.00000341. The number of aryl methyl sites for hydroxylation is 2. The van der Waals surface area contributed by atoms with Gasteiger partial charge in [0.05, 0.1) is 0 Å². The highest BCUT2D eigenvalue weighted by Gasteiger charge is 2.23. The summed E-state index contributed by atoms with van der Waals surface area (Å²) in [6, 6.07) is 9.12. The predicted octanol–water partition coefficient (Wildman–Crippen LogP) is 5.07. The first-order valence-electron chi connectivity index (χ1n) is 11.2. The molecule has 0 atom stereocenters. The van der Waals surface area contributed by atoms with E-state index >= 15 is 0 Å². The average molecular weight is 557 g/mol. The zero-order chi connectivity index (χ0) is 21.3. The van der Waals surface area contributed by atoms with Gasteiger partial charge < -0.3 is 14.8 Å². The summed E-state index contributed by atoms with van der Waals surface area (Å²) in [5.74, 6) is 2.09. The lowest BCUT2D eigenvalue weighted by molar-refractivity contribution is 0.460. The van der Waals surface area contributed by atoms with Crippen molar-refractivity contribution in [2.75, 3.05) is 26.4 Å². The molecule has 1 N–H and O–H groups in total. The van der Waals surface area contributed by atoms with Gasteiger partial charge in [-0.2, -0.15) is 0 Å². The van der Waals surface area contributed by atoms with Crippen LogP contribution in [0, 0.1) is 6.92 Å². The van der Waals surface area contributed by atoms with Gasteiger partial charge in [0.2, 0.25) is 0 Å². The molecular weight excluding hydrogens is 519 g/mol. The Morgan fingerprint density at radius 2 is 2.00 bits per heavy atom. The van der Waals surface area contributed by atoms with Crippen molar-refractivity contribution in [1.29, 1.82) is 0 Å². The van der Waals surface area contributed by atoms with Crippen LogP contribution in [0.3, 0.4) is 0 Å². The molecule has 1 saturated carbocycles. The van der Waals surface area contributed by atoms with Crippen LogP contribution < -0.4 is 5.32 Å². The molecule has 0 spiro atoms. The number of aliphatic imine (C=N–C) groups is 1. The van der Waals surface area contributed by atoms with E-state index in [1.54, 1.807) is 11.8 Å². The van der Waals surface area contributed by atoms with E-state index in [1.807, 2.05) is 0 Å². The highest BCUT2D eigenvalue weighted by atomic mass is 127. The molecule has 0 bridgehead atoms. The highest BCUT2D eigenvalue weighted by molar-refractivity contribution is 14.0. The lowest BCUT2D eigenvalue weighted by Crippen LogP contribution is -2.38. The molecule has 3 rings (SSSR count). The molecule has 0 radical (unpaired) electrons. The van der Waals surface area contributed by atoms with Gasteiger partial charge in [-0.05, 0) is 50.5 Å². The van der Waals surface area contributed by atoms with Gasteiger partial charge in [-0.15, -0.1) is 34.2 Å². The second-order valence-corrected chi connectivity index (χ2v) is 8.81. The molecule has 1 aliphatic rings. The Kier molecular flexibility index (Phi) is 11.1. The number of thioether (sulfide) groups is 1. The third-order valence-electron chi connectivity index (χ3n) is 5.79. The molecule has 172 valence electrons. The van der Waals surface area contributed by atoms with Crippen molar-refractivity contribution in [3.05, 3.63) is 41.2 Å². The molecule has 1 heterocycles. The maximum atomic E-state index is 4.88.